The van der Waals surface area contributed by atoms with Gasteiger partial charge in [-0.15, -0.1) is 0 Å². The zero-order valence-corrected chi connectivity index (χ0v) is 16.5. The third kappa shape index (κ3) is 3.21. The van der Waals surface area contributed by atoms with E-state index in [0.717, 1.165) is 18.4 Å². The lowest BCUT2D eigenvalue weighted by molar-refractivity contribution is 0.0982. The lowest BCUT2D eigenvalue weighted by atomic mass is 10.1. The van der Waals surface area contributed by atoms with Crippen molar-refractivity contribution in [1.29, 1.82) is 0 Å². The van der Waals surface area contributed by atoms with Crippen molar-refractivity contribution in [3.8, 4) is 34.2 Å². The number of halogens is 1. The fourth-order valence-electron chi connectivity index (χ4n) is 3.49. The standard InChI is InChI=1S/C21H17ClN6O2/c22-25-20(29)14-8-4-7-13(11-14)16-17(19-26-27-21(30)28(19)15-9-10-15)24-18(23-16)12-5-2-1-3-6-12/h1-8,11,15H,9-10H2,(H,23,24)(H,25,29)(H,27,30). The Hall–Kier alpha value is -3.65. The molecule has 1 aliphatic carbocycles. The summed E-state index contributed by atoms with van der Waals surface area (Å²) in [5.41, 5.74) is 2.97. The van der Waals surface area contributed by atoms with Crippen molar-refractivity contribution < 1.29 is 4.79 Å². The normalized spacial score (nSPS) is 13.4. The molecular weight excluding hydrogens is 404 g/mol. The average molecular weight is 421 g/mol. The zero-order valence-electron chi connectivity index (χ0n) is 15.7. The Morgan fingerprint density at radius 3 is 2.60 bits per heavy atom. The molecular formula is C21H17ClN6O2. The Morgan fingerprint density at radius 1 is 1.10 bits per heavy atom. The fourth-order valence-corrected chi connectivity index (χ4v) is 3.60. The maximum absolute atomic E-state index is 12.3. The van der Waals surface area contributed by atoms with Gasteiger partial charge in [0.1, 0.15) is 17.2 Å². The lowest BCUT2D eigenvalue weighted by Gasteiger charge is -2.06. The molecule has 3 N–H and O–H groups in total. The first-order valence-electron chi connectivity index (χ1n) is 9.50. The highest BCUT2D eigenvalue weighted by atomic mass is 35.5. The molecule has 2 aromatic heterocycles. The molecule has 0 saturated heterocycles. The summed E-state index contributed by atoms with van der Waals surface area (Å²) in [4.78, 5) is 34.6. The summed E-state index contributed by atoms with van der Waals surface area (Å²) < 4.78 is 1.67. The summed E-state index contributed by atoms with van der Waals surface area (Å²) in [5.74, 6) is 0.735. The summed E-state index contributed by atoms with van der Waals surface area (Å²) in [6, 6.07) is 16.8. The van der Waals surface area contributed by atoms with Gasteiger partial charge in [-0.3, -0.25) is 14.2 Å². The first-order chi connectivity index (χ1) is 14.7. The molecule has 0 atom stereocenters. The number of carbonyl (C=O) groups is 1. The fraction of sp³-hybridized carbons (Fsp3) is 0.143. The minimum absolute atomic E-state index is 0.135. The molecule has 1 amide bonds. The summed E-state index contributed by atoms with van der Waals surface area (Å²) in [6.45, 7) is 0. The second-order valence-corrected chi connectivity index (χ2v) is 7.32. The molecule has 1 aliphatic rings. The number of aromatic amines is 2. The van der Waals surface area contributed by atoms with Gasteiger partial charge in [0.25, 0.3) is 5.91 Å². The van der Waals surface area contributed by atoms with Crippen LogP contribution >= 0.6 is 11.8 Å². The van der Waals surface area contributed by atoms with Gasteiger partial charge in [-0.2, -0.15) is 5.10 Å². The van der Waals surface area contributed by atoms with E-state index in [2.05, 4.69) is 20.0 Å². The van der Waals surface area contributed by atoms with Gasteiger partial charge in [0.05, 0.1) is 0 Å². The van der Waals surface area contributed by atoms with Crippen LogP contribution in [-0.2, 0) is 0 Å². The number of hydrogen-bond donors (Lipinski definition) is 3. The van der Waals surface area contributed by atoms with Gasteiger partial charge in [0.2, 0.25) is 0 Å². The van der Waals surface area contributed by atoms with Crippen molar-refractivity contribution >= 4 is 17.7 Å². The highest BCUT2D eigenvalue weighted by molar-refractivity contribution is 6.24. The average Bonchev–Trinajstić information content (AvgIpc) is 3.41. The van der Waals surface area contributed by atoms with Crippen LogP contribution in [0.1, 0.15) is 29.2 Å². The number of hydrogen-bond acceptors (Lipinski definition) is 4. The molecule has 5 rings (SSSR count). The third-order valence-electron chi connectivity index (χ3n) is 5.08. The highest BCUT2D eigenvalue weighted by Crippen LogP contribution is 2.38. The largest absolute Gasteiger partial charge is 0.343 e. The molecule has 2 aromatic carbocycles. The minimum Gasteiger partial charge on any atom is -0.335 e. The molecule has 2 heterocycles. The van der Waals surface area contributed by atoms with Crippen LogP contribution in [0.5, 0.6) is 0 Å². The molecule has 0 aliphatic heterocycles. The first-order valence-corrected chi connectivity index (χ1v) is 9.87. The van der Waals surface area contributed by atoms with Crippen LogP contribution in [0.4, 0.5) is 0 Å². The van der Waals surface area contributed by atoms with Gasteiger partial charge in [-0.05, 0) is 25.0 Å². The van der Waals surface area contributed by atoms with Crippen LogP contribution in [0.25, 0.3) is 34.2 Å². The molecule has 0 unspecified atom stereocenters. The second kappa shape index (κ2) is 7.31. The monoisotopic (exact) mass is 420 g/mol. The molecule has 0 bridgehead atoms. The predicted octanol–water partition coefficient (Wildman–Crippen LogP) is 3.51. The number of aromatic nitrogens is 5. The number of nitrogens with zero attached hydrogens (tertiary/aromatic N) is 3. The van der Waals surface area contributed by atoms with Crippen molar-refractivity contribution in [2.75, 3.05) is 0 Å². The number of H-pyrrole nitrogens is 2. The van der Waals surface area contributed by atoms with Crippen molar-refractivity contribution in [1.82, 2.24) is 29.6 Å². The van der Waals surface area contributed by atoms with Crippen molar-refractivity contribution in [2.45, 2.75) is 18.9 Å². The van der Waals surface area contributed by atoms with Gasteiger partial charge in [0, 0.05) is 34.5 Å². The second-order valence-electron chi connectivity index (χ2n) is 7.13. The van der Waals surface area contributed by atoms with Crippen molar-refractivity contribution in [3.05, 3.63) is 70.6 Å². The number of amides is 1. The molecule has 30 heavy (non-hydrogen) atoms. The van der Waals surface area contributed by atoms with Crippen LogP contribution in [0.15, 0.2) is 59.4 Å². The topological polar surface area (TPSA) is 108 Å². The molecule has 4 aromatic rings. The van der Waals surface area contributed by atoms with Gasteiger partial charge < -0.3 is 4.98 Å². The molecule has 8 nitrogen and oxygen atoms in total. The number of imidazole rings is 1. The van der Waals surface area contributed by atoms with Crippen LogP contribution < -0.4 is 10.5 Å². The summed E-state index contributed by atoms with van der Waals surface area (Å²) >= 11 is 5.49. The Morgan fingerprint density at radius 2 is 1.87 bits per heavy atom. The van der Waals surface area contributed by atoms with Crippen molar-refractivity contribution in [2.24, 2.45) is 0 Å². The number of benzene rings is 2. The number of carbonyl (C=O) groups excluding carboxylic acids is 1. The molecule has 0 radical (unpaired) electrons. The van der Waals surface area contributed by atoms with E-state index in [4.69, 9.17) is 16.8 Å². The summed E-state index contributed by atoms with van der Waals surface area (Å²) in [5, 5.41) is 6.82. The van der Waals surface area contributed by atoms with E-state index in [1.807, 2.05) is 36.4 Å². The van der Waals surface area contributed by atoms with Gasteiger partial charge >= 0.3 is 5.69 Å². The zero-order chi connectivity index (χ0) is 20.7. The van der Waals surface area contributed by atoms with E-state index in [1.165, 1.54) is 0 Å². The number of nitrogens with one attached hydrogen (secondary N) is 3. The maximum Gasteiger partial charge on any atom is 0.343 e. The van der Waals surface area contributed by atoms with Gasteiger partial charge in [-0.25, -0.2) is 14.9 Å². The third-order valence-corrected chi connectivity index (χ3v) is 5.25. The predicted molar refractivity (Wildman–Crippen MR) is 113 cm³/mol. The van der Waals surface area contributed by atoms with Gasteiger partial charge in [0.15, 0.2) is 5.82 Å². The van der Waals surface area contributed by atoms with E-state index < -0.39 is 5.91 Å². The smallest absolute Gasteiger partial charge is 0.335 e. The van der Waals surface area contributed by atoms with E-state index in [1.54, 1.807) is 22.8 Å². The van der Waals surface area contributed by atoms with Gasteiger partial charge in [-0.1, -0.05) is 42.5 Å². The quantitative estimate of drug-likeness (QED) is 0.429. The molecule has 150 valence electrons. The summed E-state index contributed by atoms with van der Waals surface area (Å²) in [7, 11) is 0. The van der Waals surface area contributed by atoms with Crippen LogP contribution in [0.2, 0.25) is 0 Å². The van der Waals surface area contributed by atoms with Crippen LogP contribution in [-0.4, -0.2) is 30.6 Å². The van der Waals surface area contributed by atoms with E-state index in [-0.39, 0.29) is 11.7 Å². The molecule has 1 fully saturated rings. The van der Waals surface area contributed by atoms with E-state index in [0.29, 0.717) is 34.2 Å². The van der Waals surface area contributed by atoms with E-state index >= 15 is 0 Å². The molecule has 0 spiro atoms. The van der Waals surface area contributed by atoms with Crippen LogP contribution in [0, 0.1) is 0 Å². The highest BCUT2D eigenvalue weighted by Gasteiger charge is 2.31. The maximum atomic E-state index is 12.3. The van der Waals surface area contributed by atoms with Crippen molar-refractivity contribution in [3.63, 3.8) is 0 Å². The Bertz CT molecular complexity index is 1290. The van der Waals surface area contributed by atoms with Crippen LogP contribution in [0.3, 0.4) is 0 Å². The Balaban J connectivity index is 1.71. The molecule has 1 saturated carbocycles. The Labute approximate surface area is 176 Å². The summed E-state index contributed by atoms with van der Waals surface area (Å²) in [6.07, 6.45) is 1.87. The Kier molecular flexibility index (Phi) is 4.48. The minimum atomic E-state index is -0.409. The lowest BCUT2D eigenvalue weighted by Crippen LogP contribution is -2.16. The van der Waals surface area contributed by atoms with E-state index in [9.17, 15) is 9.59 Å². The first kappa shape index (κ1) is 18.4. The SMILES string of the molecule is O=C(NCl)c1cccc(-c2nc(-c3ccccc3)[nH]c2-c2n[nH]c(=O)n2C2CC2)c1. The number of rotatable bonds is 5. The molecule has 9 heteroatoms.